The van der Waals surface area contributed by atoms with Crippen LogP contribution in [0, 0.1) is 11.8 Å². The van der Waals surface area contributed by atoms with Gasteiger partial charge in [0.15, 0.2) is 0 Å². The van der Waals surface area contributed by atoms with Gasteiger partial charge in [-0.25, -0.2) is 0 Å². The first-order chi connectivity index (χ1) is 10.4. The maximum Gasteiger partial charge on any atom is 0.308 e. The van der Waals surface area contributed by atoms with Crippen molar-refractivity contribution in [1.29, 1.82) is 0 Å². The van der Waals surface area contributed by atoms with Crippen molar-refractivity contribution >= 4 is 23.6 Å². The Morgan fingerprint density at radius 3 is 2.36 bits per heavy atom. The summed E-state index contributed by atoms with van der Waals surface area (Å²) in [6.45, 7) is 6.01. The topological polar surface area (TPSA) is 66.4 Å². The van der Waals surface area contributed by atoms with Crippen LogP contribution in [-0.2, 0) is 15.3 Å². The number of hydrogen-bond donors (Lipinski definition) is 2. The Hall–Kier alpha value is -1.49. The van der Waals surface area contributed by atoms with Gasteiger partial charge in [0.05, 0.1) is 11.2 Å². The summed E-state index contributed by atoms with van der Waals surface area (Å²) in [5, 5.41) is 11.7. The molecule has 0 aromatic heterocycles. The predicted molar refractivity (Wildman–Crippen MR) is 90.8 cm³/mol. The smallest absolute Gasteiger partial charge is 0.308 e. The summed E-state index contributed by atoms with van der Waals surface area (Å²) in [6.07, 6.45) is 0.571. The standard InChI is InChI=1S/C17H25NO3S/c1-12(2)9-15(17(20)21)10-18-16(19)13(3)22-11-14-7-5-4-6-8-14/h4-8,12-13,15H,9-11H2,1-3H3,(H,18,19)(H,20,21). The number of carboxylic acids is 1. The van der Waals surface area contributed by atoms with Crippen LogP contribution in [0.2, 0.25) is 0 Å². The summed E-state index contributed by atoms with van der Waals surface area (Å²) >= 11 is 1.55. The fraction of sp³-hybridized carbons (Fsp3) is 0.529. The van der Waals surface area contributed by atoms with E-state index in [1.807, 2.05) is 51.1 Å². The molecule has 0 bridgehead atoms. The van der Waals surface area contributed by atoms with E-state index in [1.54, 1.807) is 11.8 Å². The summed E-state index contributed by atoms with van der Waals surface area (Å²) in [7, 11) is 0. The SMILES string of the molecule is CC(C)CC(CNC(=O)C(C)SCc1ccccc1)C(=O)O. The molecule has 2 N–H and O–H groups in total. The summed E-state index contributed by atoms with van der Waals surface area (Å²) in [5.74, 6) is -0.406. The minimum absolute atomic E-state index is 0.101. The lowest BCUT2D eigenvalue weighted by molar-refractivity contribution is -0.142. The van der Waals surface area contributed by atoms with Crippen molar-refractivity contribution in [2.45, 2.75) is 38.2 Å². The van der Waals surface area contributed by atoms with E-state index in [1.165, 1.54) is 5.56 Å². The van der Waals surface area contributed by atoms with Gasteiger partial charge >= 0.3 is 5.97 Å². The maximum atomic E-state index is 12.1. The van der Waals surface area contributed by atoms with Crippen LogP contribution in [0.25, 0.3) is 0 Å². The third-order valence-electron chi connectivity index (χ3n) is 3.34. The van der Waals surface area contributed by atoms with Gasteiger partial charge in [0.2, 0.25) is 5.91 Å². The molecular formula is C17H25NO3S. The first kappa shape index (κ1) is 18.6. The number of rotatable bonds is 9. The van der Waals surface area contributed by atoms with Crippen molar-refractivity contribution in [3.8, 4) is 0 Å². The molecular weight excluding hydrogens is 298 g/mol. The van der Waals surface area contributed by atoms with Crippen molar-refractivity contribution < 1.29 is 14.7 Å². The second-order valence-corrected chi connectivity index (χ2v) is 7.18. The Morgan fingerprint density at radius 2 is 1.82 bits per heavy atom. The largest absolute Gasteiger partial charge is 0.481 e. The molecule has 0 heterocycles. The van der Waals surface area contributed by atoms with Gasteiger partial charge in [-0.15, -0.1) is 11.8 Å². The molecule has 4 nitrogen and oxygen atoms in total. The molecule has 0 saturated heterocycles. The molecule has 122 valence electrons. The molecule has 2 atom stereocenters. The highest BCUT2D eigenvalue weighted by Gasteiger charge is 2.21. The Bertz CT molecular complexity index is 476. The summed E-state index contributed by atoms with van der Waals surface area (Å²) in [5.41, 5.74) is 1.18. The molecule has 0 fully saturated rings. The zero-order valence-electron chi connectivity index (χ0n) is 13.4. The molecule has 1 aromatic carbocycles. The lowest BCUT2D eigenvalue weighted by Crippen LogP contribution is -2.37. The van der Waals surface area contributed by atoms with Gasteiger partial charge in [0, 0.05) is 12.3 Å². The Balaban J connectivity index is 2.38. The molecule has 2 unspecified atom stereocenters. The average Bonchev–Trinajstić information content (AvgIpc) is 2.49. The molecule has 0 aliphatic carbocycles. The monoisotopic (exact) mass is 323 g/mol. The number of amides is 1. The summed E-state index contributed by atoms with van der Waals surface area (Å²) < 4.78 is 0. The number of carbonyl (C=O) groups is 2. The van der Waals surface area contributed by atoms with Crippen LogP contribution >= 0.6 is 11.8 Å². The first-order valence-corrected chi connectivity index (χ1v) is 8.61. The van der Waals surface area contributed by atoms with Crippen LogP contribution < -0.4 is 5.32 Å². The van der Waals surface area contributed by atoms with Gasteiger partial charge in [-0.3, -0.25) is 9.59 Å². The van der Waals surface area contributed by atoms with Crippen LogP contribution in [0.1, 0.15) is 32.8 Å². The number of nitrogens with one attached hydrogen (secondary N) is 1. The average molecular weight is 323 g/mol. The van der Waals surface area contributed by atoms with Crippen molar-refractivity contribution in [3.63, 3.8) is 0 Å². The van der Waals surface area contributed by atoms with E-state index < -0.39 is 11.9 Å². The van der Waals surface area contributed by atoms with Gasteiger partial charge in [-0.2, -0.15) is 0 Å². The van der Waals surface area contributed by atoms with E-state index in [0.29, 0.717) is 12.3 Å². The zero-order valence-corrected chi connectivity index (χ0v) is 14.2. The van der Waals surface area contributed by atoms with Gasteiger partial charge in [-0.1, -0.05) is 44.2 Å². The van der Waals surface area contributed by atoms with Crippen molar-refractivity contribution in [2.24, 2.45) is 11.8 Å². The highest BCUT2D eigenvalue weighted by Crippen LogP contribution is 2.18. The normalized spacial score (nSPS) is 13.6. The van der Waals surface area contributed by atoms with Crippen LogP contribution in [0.5, 0.6) is 0 Å². The molecule has 22 heavy (non-hydrogen) atoms. The molecule has 0 aliphatic rings. The van der Waals surface area contributed by atoms with E-state index in [4.69, 9.17) is 5.11 Å². The molecule has 1 aromatic rings. The van der Waals surface area contributed by atoms with Crippen LogP contribution in [0.3, 0.4) is 0 Å². The van der Waals surface area contributed by atoms with E-state index >= 15 is 0 Å². The molecule has 0 spiro atoms. The number of hydrogen-bond acceptors (Lipinski definition) is 3. The highest BCUT2D eigenvalue weighted by atomic mass is 32.2. The number of aliphatic carboxylic acids is 1. The second kappa shape index (κ2) is 9.51. The maximum absolute atomic E-state index is 12.1. The van der Waals surface area contributed by atoms with E-state index in [0.717, 1.165) is 5.75 Å². The minimum Gasteiger partial charge on any atom is -0.481 e. The number of carbonyl (C=O) groups excluding carboxylic acids is 1. The van der Waals surface area contributed by atoms with Crippen molar-refractivity contribution in [3.05, 3.63) is 35.9 Å². The Kier molecular flexibility index (Phi) is 8.02. The van der Waals surface area contributed by atoms with Crippen molar-refractivity contribution in [1.82, 2.24) is 5.32 Å². The zero-order chi connectivity index (χ0) is 16.5. The molecule has 1 amide bonds. The predicted octanol–water partition coefficient (Wildman–Crippen LogP) is 3.17. The molecule has 1 rings (SSSR count). The Labute approximate surface area is 136 Å². The highest BCUT2D eigenvalue weighted by molar-refractivity contribution is 7.99. The number of thioether (sulfide) groups is 1. The minimum atomic E-state index is -0.849. The summed E-state index contributed by atoms with van der Waals surface area (Å²) in [6, 6.07) is 9.97. The first-order valence-electron chi connectivity index (χ1n) is 7.56. The molecule has 0 saturated carbocycles. The lowest BCUT2D eigenvalue weighted by atomic mass is 9.97. The number of carboxylic acid groups (broad SMARTS) is 1. The third kappa shape index (κ3) is 6.98. The fourth-order valence-corrected chi connectivity index (χ4v) is 2.95. The van der Waals surface area contributed by atoms with Crippen molar-refractivity contribution in [2.75, 3.05) is 6.54 Å². The summed E-state index contributed by atoms with van der Waals surface area (Å²) in [4.78, 5) is 23.2. The number of benzene rings is 1. The molecule has 0 radical (unpaired) electrons. The van der Waals surface area contributed by atoms with Gasteiger partial charge < -0.3 is 10.4 Å². The van der Waals surface area contributed by atoms with Gasteiger partial charge in [-0.05, 0) is 24.8 Å². The van der Waals surface area contributed by atoms with E-state index in [9.17, 15) is 9.59 Å². The van der Waals surface area contributed by atoms with Crippen LogP contribution in [0.15, 0.2) is 30.3 Å². The second-order valence-electron chi connectivity index (χ2n) is 5.85. The molecule has 5 heteroatoms. The lowest BCUT2D eigenvalue weighted by Gasteiger charge is -2.17. The third-order valence-corrected chi connectivity index (χ3v) is 4.55. The Morgan fingerprint density at radius 1 is 1.18 bits per heavy atom. The quantitative estimate of drug-likeness (QED) is 0.732. The van der Waals surface area contributed by atoms with Crippen LogP contribution in [0.4, 0.5) is 0 Å². The molecule has 0 aliphatic heterocycles. The van der Waals surface area contributed by atoms with E-state index in [-0.39, 0.29) is 17.7 Å². The fourth-order valence-electron chi connectivity index (χ4n) is 2.08. The van der Waals surface area contributed by atoms with Crippen LogP contribution in [-0.4, -0.2) is 28.8 Å². The van der Waals surface area contributed by atoms with Gasteiger partial charge in [0.1, 0.15) is 0 Å². The van der Waals surface area contributed by atoms with E-state index in [2.05, 4.69) is 5.32 Å². The van der Waals surface area contributed by atoms with Gasteiger partial charge in [0.25, 0.3) is 0 Å².